The highest BCUT2D eigenvalue weighted by Gasteiger charge is 2.34. The van der Waals surface area contributed by atoms with Gasteiger partial charge in [0.2, 0.25) is 0 Å². The van der Waals surface area contributed by atoms with Crippen molar-refractivity contribution in [2.75, 3.05) is 13.6 Å². The number of likely N-dealkylation sites (tertiary alicyclic amines) is 1. The highest BCUT2D eigenvalue weighted by atomic mass is 16.5. The second-order valence-electron chi connectivity index (χ2n) is 8.62. The van der Waals surface area contributed by atoms with E-state index in [-0.39, 0.29) is 17.9 Å². The molecule has 0 saturated carbocycles. The summed E-state index contributed by atoms with van der Waals surface area (Å²) in [5, 5.41) is 18.8. The third kappa shape index (κ3) is 3.56. The summed E-state index contributed by atoms with van der Waals surface area (Å²) in [7, 11) is 1.61. The lowest BCUT2D eigenvalue weighted by Crippen LogP contribution is -2.37. The summed E-state index contributed by atoms with van der Waals surface area (Å²) in [6.45, 7) is 4.27. The molecule has 8 nitrogen and oxygen atoms in total. The van der Waals surface area contributed by atoms with Crippen molar-refractivity contribution in [3.05, 3.63) is 71.5 Å². The Labute approximate surface area is 196 Å². The number of aliphatic hydroxyl groups is 1. The van der Waals surface area contributed by atoms with Gasteiger partial charge in [-0.05, 0) is 60.9 Å². The van der Waals surface area contributed by atoms with Crippen LogP contribution in [-0.4, -0.2) is 57.2 Å². The molecule has 174 valence electrons. The lowest BCUT2D eigenvalue weighted by Gasteiger charge is -2.22. The predicted molar refractivity (Wildman–Crippen MR) is 128 cm³/mol. The number of hydrogen-bond acceptors (Lipinski definition) is 5. The zero-order valence-electron chi connectivity index (χ0n) is 19.3. The molecule has 1 saturated heterocycles. The maximum Gasteiger partial charge on any atom is 0.256 e. The van der Waals surface area contributed by atoms with Gasteiger partial charge in [-0.15, -0.1) is 0 Å². The highest BCUT2D eigenvalue weighted by Crippen LogP contribution is 2.33. The van der Waals surface area contributed by atoms with E-state index in [1.165, 1.54) is 0 Å². The molecule has 1 fully saturated rings. The third-order valence-corrected chi connectivity index (χ3v) is 6.65. The Morgan fingerprint density at radius 1 is 1.18 bits per heavy atom. The van der Waals surface area contributed by atoms with E-state index in [0.717, 1.165) is 16.3 Å². The fraction of sp³-hybridized carbons (Fsp3) is 0.269. The maximum atomic E-state index is 13.2. The molecule has 0 bridgehead atoms. The van der Waals surface area contributed by atoms with Crippen molar-refractivity contribution in [1.82, 2.24) is 19.8 Å². The quantitative estimate of drug-likeness (QED) is 0.488. The Balaban J connectivity index is 1.51. The maximum absolute atomic E-state index is 13.2. The van der Waals surface area contributed by atoms with Gasteiger partial charge in [-0.2, -0.15) is 5.10 Å². The van der Waals surface area contributed by atoms with Gasteiger partial charge in [0, 0.05) is 31.4 Å². The van der Waals surface area contributed by atoms with Gasteiger partial charge in [-0.25, -0.2) is 4.52 Å². The first-order valence-electron chi connectivity index (χ1n) is 11.3. The fourth-order valence-electron chi connectivity index (χ4n) is 4.67. The summed E-state index contributed by atoms with van der Waals surface area (Å²) in [5.41, 5.74) is 2.62. The van der Waals surface area contributed by atoms with Crippen LogP contribution in [0, 0.1) is 6.92 Å². The van der Waals surface area contributed by atoms with E-state index in [0.29, 0.717) is 41.1 Å². The number of hydrogen-bond donors (Lipinski definition) is 2. The first-order valence-corrected chi connectivity index (χ1v) is 11.3. The molecule has 5 rings (SSSR count). The Hall–Kier alpha value is -3.91. The Bertz CT molecular complexity index is 1430. The van der Waals surface area contributed by atoms with Gasteiger partial charge in [0.05, 0.1) is 23.9 Å². The van der Waals surface area contributed by atoms with E-state index in [2.05, 4.69) is 10.4 Å². The second-order valence-corrected chi connectivity index (χ2v) is 8.62. The van der Waals surface area contributed by atoms with Gasteiger partial charge in [-0.1, -0.05) is 12.1 Å². The van der Waals surface area contributed by atoms with Crippen LogP contribution in [0.25, 0.3) is 16.3 Å². The van der Waals surface area contributed by atoms with Crippen LogP contribution in [0.15, 0.2) is 54.9 Å². The number of rotatable bonds is 4. The largest absolute Gasteiger partial charge is 0.455 e. The van der Waals surface area contributed by atoms with Crippen LogP contribution in [0.5, 0.6) is 11.5 Å². The number of amides is 2. The minimum Gasteiger partial charge on any atom is -0.455 e. The average molecular weight is 459 g/mol. The highest BCUT2D eigenvalue weighted by molar-refractivity contribution is 6.07. The van der Waals surface area contributed by atoms with Gasteiger partial charge in [0.25, 0.3) is 11.8 Å². The summed E-state index contributed by atoms with van der Waals surface area (Å²) < 4.78 is 7.89. The van der Waals surface area contributed by atoms with E-state index in [9.17, 15) is 14.7 Å². The molecule has 3 heterocycles. The van der Waals surface area contributed by atoms with E-state index in [4.69, 9.17) is 4.74 Å². The summed E-state index contributed by atoms with van der Waals surface area (Å²) >= 11 is 0. The fourth-order valence-corrected chi connectivity index (χ4v) is 4.67. The van der Waals surface area contributed by atoms with Crippen molar-refractivity contribution in [3.63, 3.8) is 0 Å². The zero-order chi connectivity index (χ0) is 24.0. The molecule has 2 aromatic carbocycles. The topological polar surface area (TPSA) is 96.2 Å². The molecule has 2 amide bonds. The molecule has 0 radical (unpaired) electrons. The number of ether oxygens (including phenoxy) is 1. The smallest absolute Gasteiger partial charge is 0.256 e. The molecule has 1 aliphatic rings. The van der Waals surface area contributed by atoms with Gasteiger partial charge >= 0.3 is 0 Å². The molecule has 4 aromatic rings. The zero-order valence-corrected chi connectivity index (χ0v) is 19.3. The van der Waals surface area contributed by atoms with Crippen molar-refractivity contribution in [2.45, 2.75) is 32.4 Å². The van der Waals surface area contributed by atoms with Crippen LogP contribution in [-0.2, 0) is 0 Å². The molecule has 34 heavy (non-hydrogen) atoms. The van der Waals surface area contributed by atoms with Crippen molar-refractivity contribution in [2.24, 2.45) is 0 Å². The van der Waals surface area contributed by atoms with Gasteiger partial charge in [0.15, 0.2) is 5.75 Å². The number of benzene rings is 2. The number of aliphatic hydroxyl groups excluding tert-OH is 1. The first kappa shape index (κ1) is 21.9. The Morgan fingerprint density at radius 2 is 2.00 bits per heavy atom. The normalized spacial score (nSPS) is 17.9. The number of fused-ring (bicyclic) bond motifs is 2. The SMILES string of the molecule is CNC(=O)c1cccc2cc(Oc3ccnn4cc(C(=O)N5CC[C@H](O)[C@H]5C)c(C)c34)ccc12. The molecule has 0 unspecified atom stereocenters. The molecule has 2 aromatic heterocycles. The average Bonchev–Trinajstić information content (AvgIpc) is 3.37. The van der Waals surface area contributed by atoms with Crippen molar-refractivity contribution < 1.29 is 19.4 Å². The number of carbonyl (C=O) groups is 2. The summed E-state index contributed by atoms with van der Waals surface area (Å²) in [6, 6.07) is 12.7. The number of aryl methyl sites for hydroxylation is 1. The number of carbonyl (C=O) groups excluding carboxylic acids is 2. The number of nitrogens with zero attached hydrogens (tertiary/aromatic N) is 3. The van der Waals surface area contributed by atoms with Gasteiger partial charge in [0.1, 0.15) is 11.3 Å². The number of nitrogens with one attached hydrogen (secondary N) is 1. The Kier molecular flexibility index (Phi) is 5.45. The second kappa shape index (κ2) is 8.46. The molecule has 1 aliphatic heterocycles. The van der Waals surface area contributed by atoms with Crippen LogP contribution in [0.2, 0.25) is 0 Å². The summed E-state index contributed by atoms with van der Waals surface area (Å²) in [5.74, 6) is 0.920. The van der Waals surface area contributed by atoms with Crippen LogP contribution in [0.4, 0.5) is 0 Å². The number of aromatic nitrogens is 2. The van der Waals surface area contributed by atoms with E-state index in [1.807, 2.05) is 44.2 Å². The van der Waals surface area contributed by atoms with Gasteiger partial charge in [-0.3, -0.25) is 9.59 Å². The molecular formula is C26H26N4O4. The summed E-state index contributed by atoms with van der Waals surface area (Å²) in [6.07, 6.45) is 3.42. The molecule has 2 atom stereocenters. The molecular weight excluding hydrogens is 432 g/mol. The van der Waals surface area contributed by atoms with Crippen molar-refractivity contribution in [1.29, 1.82) is 0 Å². The van der Waals surface area contributed by atoms with Crippen LogP contribution >= 0.6 is 0 Å². The standard InChI is InChI=1S/C26H26N4O4/c1-15-21(26(33)29-12-10-22(31)16(29)2)14-30-24(15)23(9-11-28-30)34-18-7-8-19-17(13-18)5-4-6-20(19)25(32)27-3/h4-9,11,13-14,16,22,31H,10,12H2,1-3H3,(H,27,32)/t16-,22+/m1/s1. The van der Waals surface area contributed by atoms with Crippen molar-refractivity contribution in [3.8, 4) is 11.5 Å². The lowest BCUT2D eigenvalue weighted by atomic mass is 10.0. The lowest BCUT2D eigenvalue weighted by molar-refractivity contribution is 0.0666. The van der Waals surface area contributed by atoms with Crippen LogP contribution in [0.3, 0.4) is 0 Å². The summed E-state index contributed by atoms with van der Waals surface area (Å²) in [4.78, 5) is 27.1. The van der Waals surface area contributed by atoms with E-state index < -0.39 is 6.10 Å². The van der Waals surface area contributed by atoms with Crippen LogP contribution in [0.1, 0.15) is 39.6 Å². The van der Waals surface area contributed by atoms with Crippen LogP contribution < -0.4 is 10.1 Å². The van der Waals surface area contributed by atoms with E-state index in [1.54, 1.807) is 41.0 Å². The molecule has 0 spiro atoms. The van der Waals surface area contributed by atoms with Crippen molar-refractivity contribution >= 4 is 28.1 Å². The minimum atomic E-state index is -0.505. The van der Waals surface area contributed by atoms with Gasteiger partial charge < -0.3 is 20.1 Å². The Morgan fingerprint density at radius 3 is 2.74 bits per heavy atom. The first-order chi connectivity index (χ1) is 16.4. The predicted octanol–water partition coefficient (Wildman–Crippen LogP) is 3.54. The monoisotopic (exact) mass is 458 g/mol. The third-order valence-electron chi connectivity index (χ3n) is 6.65. The minimum absolute atomic E-state index is 0.120. The van der Waals surface area contributed by atoms with E-state index >= 15 is 0 Å². The molecule has 8 heteroatoms. The molecule has 0 aliphatic carbocycles. The molecule has 2 N–H and O–H groups in total.